The average molecular weight is 400 g/mol. The lowest BCUT2D eigenvalue weighted by Crippen LogP contribution is -2.40. The van der Waals surface area contributed by atoms with Crippen LogP contribution in [0, 0.1) is 0 Å². The molecule has 0 bridgehead atoms. The van der Waals surface area contributed by atoms with Gasteiger partial charge in [0.05, 0.1) is 31.0 Å². The normalized spacial score (nSPS) is 16.1. The minimum atomic E-state index is -0.358. The molecular weight excluding hydrogens is 372 g/mol. The molecule has 3 rings (SSSR count). The van der Waals surface area contributed by atoms with Crippen molar-refractivity contribution in [3.8, 4) is 0 Å². The Morgan fingerprint density at radius 2 is 2.10 bits per heavy atom. The van der Waals surface area contributed by atoms with E-state index in [4.69, 9.17) is 9.15 Å². The molecule has 0 aromatic carbocycles. The number of pyridine rings is 1. The van der Waals surface area contributed by atoms with Crippen LogP contribution < -0.4 is 10.2 Å². The van der Waals surface area contributed by atoms with Gasteiger partial charge >= 0.3 is 5.97 Å². The molecule has 29 heavy (non-hydrogen) atoms. The SMILES string of the molecule is CCOC(=O)c1ccc(N2CCCN(CC(=O)NC(C)c3ccco3)CC2)nc1. The van der Waals surface area contributed by atoms with Crippen LogP contribution in [0.15, 0.2) is 41.1 Å². The first-order valence-electron chi connectivity index (χ1n) is 10.00. The van der Waals surface area contributed by atoms with E-state index in [1.54, 1.807) is 25.5 Å². The molecule has 0 spiro atoms. The number of aromatic nitrogens is 1. The molecular formula is C21H28N4O4. The number of nitrogens with one attached hydrogen (secondary N) is 1. The van der Waals surface area contributed by atoms with E-state index in [1.807, 2.05) is 25.1 Å². The Balaban J connectivity index is 1.49. The van der Waals surface area contributed by atoms with E-state index in [2.05, 4.69) is 20.1 Å². The van der Waals surface area contributed by atoms with E-state index in [9.17, 15) is 9.59 Å². The Morgan fingerprint density at radius 3 is 2.79 bits per heavy atom. The molecule has 1 unspecified atom stereocenters. The second kappa shape index (κ2) is 10.1. The van der Waals surface area contributed by atoms with Gasteiger partial charge in [-0.2, -0.15) is 0 Å². The van der Waals surface area contributed by atoms with Crippen molar-refractivity contribution in [2.75, 3.05) is 44.2 Å². The van der Waals surface area contributed by atoms with Gasteiger partial charge < -0.3 is 19.4 Å². The predicted molar refractivity (Wildman–Crippen MR) is 109 cm³/mol. The van der Waals surface area contributed by atoms with Crippen molar-refractivity contribution in [2.45, 2.75) is 26.3 Å². The maximum Gasteiger partial charge on any atom is 0.339 e. The third-order valence-electron chi connectivity index (χ3n) is 4.89. The van der Waals surface area contributed by atoms with Crippen molar-refractivity contribution >= 4 is 17.7 Å². The summed E-state index contributed by atoms with van der Waals surface area (Å²) in [5, 5.41) is 2.98. The van der Waals surface area contributed by atoms with Gasteiger partial charge in [-0.25, -0.2) is 9.78 Å². The number of hydrogen-bond acceptors (Lipinski definition) is 7. The molecule has 1 amide bonds. The first-order chi connectivity index (χ1) is 14.1. The molecule has 2 aromatic rings. The van der Waals surface area contributed by atoms with E-state index >= 15 is 0 Å². The molecule has 1 aliphatic heterocycles. The van der Waals surface area contributed by atoms with E-state index in [1.165, 1.54) is 0 Å². The first kappa shape index (κ1) is 20.9. The molecule has 2 aromatic heterocycles. The Labute approximate surface area is 170 Å². The van der Waals surface area contributed by atoms with E-state index in [0.717, 1.165) is 44.2 Å². The summed E-state index contributed by atoms with van der Waals surface area (Å²) in [7, 11) is 0. The van der Waals surface area contributed by atoms with Crippen molar-refractivity contribution in [3.63, 3.8) is 0 Å². The zero-order valence-corrected chi connectivity index (χ0v) is 17.0. The van der Waals surface area contributed by atoms with Gasteiger partial charge in [0.25, 0.3) is 0 Å². The number of ether oxygens (including phenoxy) is 1. The van der Waals surface area contributed by atoms with Gasteiger partial charge in [0.2, 0.25) is 5.91 Å². The number of esters is 1. The molecule has 0 saturated carbocycles. The fourth-order valence-electron chi connectivity index (χ4n) is 3.37. The zero-order chi connectivity index (χ0) is 20.6. The highest BCUT2D eigenvalue weighted by atomic mass is 16.5. The van der Waals surface area contributed by atoms with Crippen LogP contribution in [-0.4, -0.2) is 61.1 Å². The highest BCUT2D eigenvalue weighted by Crippen LogP contribution is 2.15. The number of furan rings is 1. The van der Waals surface area contributed by atoms with Crippen LogP contribution in [0.2, 0.25) is 0 Å². The number of carbonyl (C=O) groups is 2. The van der Waals surface area contributed by atoms with Crippen molar-refractivity contribution in [2.24, 2.45) is 0 Å². The van der Waals surface area contributed by atoms with Gasteiger partial charge in [0.1, 0.15) is 11.6 Å². The van der Waals surface area contributed by atoms with Crippen LogP contribution >= 0.6 is 0 Å². The molecule has 1 atom stereocenters. The topological polar surface area (TPSA) is 87.9 Å². The third-order valence-corrected chi connectivity index (χ3v) is 4.89. The number of rotatable bonds is 7. The third kappa shape index (κ3) is 5.80. The Morgan fingerprint density at radius 1 is 1.24 bits per heavy atom. The lowest BCUT2D eigenvalue weighted by atomic mass is 10.2. The average Bonchev–Trinajstić information content (AvgIpc) is 3.16. The number of hydrogen-bond donors (Lipinski definition) is 1. The minimum absolute atomic E-state index is 0.0146. The zero-order valence-electron chi connectivity index (χ0n) is 17.0. The van der Waals surface area contributed by atoms with Gasteiger partial charge in [-0.05, 0) is 44.5 Å². The molecule has 1 fully saturated rings. The maximum atomic E-state index is 12.4. The summed E-state index contributed by atoms with van der Waals surface area (Å²) >= 11 is 0. The number of nitrogens with zero attached hydrogens (tertiary/aromatic N) is 3. The lowest BCUT2D eigenvalue weighted by Gasteiger charge is -2.23. The van der Waals surface area contributed by atoms with Crippen LogP contribution in [0.4, 0.5) is 5.82 Å². The molecule has 1 aliphatic rings. The smallest absolute Gasteiger partial charge is 0.339 e. The largest absolute Gasteiger partial charge is 0.467 e. The maximum absolute atomic E-state index is 12.4. The summed E-state index contributed by atoms with van der Waals surface area (Å²) in [6.07, 6.45) is 4.09. The van der Waals surface area contributed by atoms with Gasteiger partial charge in [-0.1, -0.05) is 0 Å². The Kier molecular flexibility index (Phi) is 7.24. The van der Waals surface area contributed by atoms with E-state index < -0.39 is 0 Å². The molecule has 3 heterocycles. The summed E-state index contributed by atoms with van der Waals surface area (Å²) in [5.41, 5.74) is 0.453. The first-order valence-corrected chi connectivity index (χ1v) is 10.00. The Bertz CT molecular complexity index is 792. The highest BCUT2D eigenvalue weighted by molar-refractivity contribution is 5.89. The molecule has 156 valence electrons. The summed E-state index contributed by atoms with van der Waals surface area (Å²) < 4.78 is 10.3. The number of anilines is 1. The molecule has 0 radical (unpaired) electrons. The van der Waals surface area contributed by atoms with Crippen molar-refractivity contribution < 1.29 is 18.7 Å². The molecule has 1 N–H and O–H groups in total. The second-order valence-electron chi connectivity index (χ2n) is 7.05. The minimum Gasteiger partial charge on any atom is -0.467 e. The van der Waals surface area contributed by atoms with Crippen molar-refractivity contribution in [1.29, 1.82) is 0 Å². The number of carbonyl (C=O) groups excluding carboxylic acids is 2. The molecule has 8 nitrogen and oxygen atoms in total. The monoisotopic (exact) mass is 400 g/mol. The standard InChI is InChI=1S/C21H28N4O4/c1-3-28-21(27)17-7-8-19(22-14-17)25-10-5-9-24(11-12-25)15-20(26)23-16(2)18-6-4-13-29-18/h4,6-8,13-14,16H,3,5,9-12,15H2,1-2H3,(H,23,26). The predicted octanol–water partition coefficient (Wildman–Crippen LogP) is 2.24. The lowest BCUT2D eigenvalue weighted by molar-refractivity contribution is -0.123. The van der Waals surface area contributed by atoms with Gasteiger partial charge in [-0.15, -0.1) is 0 Å². The summed E-state index contributed by atoms with van der Waals surface area (Å²) in [4.78, 5) is 32.9. The van der Waals surface area contributed by atoms with Crippen molar-refractivity contribution in [1.82, 2.24) is 15.2 Å². The Hall–Kier alpha value is -2.87. The van der Waals surface area contributed by atoms with Crippen LogP contribution in [0.25, 0.3) is 0 Å². The summed E-state index contributed by atoms with van der Waals surface area (Å²) in [6, 6.07) is 7.11. The quantitative estimate of drug-likeness (QED) is 0.713. The van der Waals surface area contributed by atoms with Gasteiger partial charge in [-0.3, -0.25) is 9.69 Å². The van der Waals surface area contributed by atoms with Crippen LogP contribution in [-0.2, 0) is 9.53 Å². The van der Waals surface area contributed by atoms with E-state index in [0.29, 0.717) is 18.7 Å². The fraction of sp³-hybridized carbons (Fsp3) is 0.476. The fourth-order valence-corrected chi connectivity index (χ4v) is 3.37. The van der Waals surface area contributed by atoms with Gasteiger partial charge in [0.15, 0.2) is 0 Å². The molecule has 0 aliphatic carbocycles. The summed E-state index contributed by atoms with van der Waals surface area (Å²) in [5.74, 6) is 1.20. The second-order valence-corrected chi connectivity index (χ2v) is 7.05. The molecule has 1 saturated heterocycles. The van der Waals surface area contributed by atoms with Gasteiger partial charge in [0, 0.05) is 32.4 Å². The molecule has 8 heteroatoms. The number of amides is 1. The van der Waals surface area contributed by atoms with E-state index in [-0.39, 0.29) is 17.9 Å². The summed E-state index contributed by atoms with van der Waals surface area (Å²) in [6.45, 7) is 7.63. The van der Waals surface area contributed by atoms with Crippen molar-refractivity contribution in [3.05, 3.63) is 48.0 Å². The van der Waals surface area contributed by atoms with Crippen LogP contribution in [0.3, 0.4) is 0 Å². The van der Waals surface area contributed by atoms with Crippen LogP contribution in [0.5, 0.6) is 0 Å². The highest BCUT2D eigenvalue weighted by Gasteiger charge is 2.20. The van der Waals surface area contributed by atoms with Crippen LogP contribution in [0.1, 0.15) is 42.4 Å².